The highest BCUT2D eigenvalue weighted by Gasteiger charge is 2.54. The Kier molecular flexibility index (Phi) is 3.12. The number of carbonyl (C=O) groups excluding carboxylic acids is 2. The summed E-state index contributed by atoms with van der Waals surface area (Å²) < 4.78 is 10.1. The Morgan fingerprint density at radius 2 is 1.76 bits per heavy atom. The largest absolute Gasteiger partial charge is 0.466 e. The van der Waals surface area contributed by atoms with Gasteiger partial charge in [0.15, 0.2) is 0 Å². The first-order chi connectivity index (χ1) is 7.98. The quantitative estimate of drug-likeness (QED) is 0.667. The fourth-order valence-electron chi connectivity index (χ4n) is 3.18. The van der Waals surface area contributed by atoms with Gasteiger partial charge in [-0.15, -0.1) is 0 Å². The molecule has 2 aliphatic heterocycles. The molecule has 2 unspecified atom stereocenters. The smallest absolute Gasteiger partial charge is 0.350 e. The maximum Gasteiger partial charge on any atom is 0.350 e. The van der Waals surface area contributed by atoms with E-state index < -0.39 is 17.5 Å². The van der Waals surface area contributed by atoms with Gasteiger partial charge in [0.25, 0.3) is 0 Å². The predicted molar refractivity (Wildman–Crippen MR) is 60.3 cm³/mol. The summed E-state index contributed by atoms with van der Waals surface area (Å²) in [4.78, 5) is 25.4. The van der Waals surface area contributed by atoms with Gasteiger partial charge in [-0.05, 0) is 19.9 Å². The highest BCUT2D eigenvalue weighted by molar-refractivity contribution is 5.83. The van der Waals surface area contributed by atoms with Gasteiger partial charge in [0.05, 0.1) is 7.11 Å². The van der Waals surface area contributed by atoms with E-state index in [1.54, 1.807) is 0 Å². The van der Waals surface area contributed by atoms with Crippen LogP contribution in [0.15, 0.2) is 0 Å². The van der Waals surface area contributed by atoms with Gasteiger partial charge in [-0.3, -0.25) is 4.79 Å². The number of hydrogen-bond donors (Lipinski definition) is 0. The summed E-state index contributed by atoms with van der Waals surface area (Å²) >= 11 is 0. The molecular formula is C12H19NO4. The first-order valence-corrected chi connectivity index (χ1v) is 5.98. The molecule has 5 heteroatoms. The van der Waals surface area contributed by atoms with E-state index in [0.717, 1.165) is 12.8 Å². The average molecular weight is 241 g/mol. The van der Waals surface area contributed by atoms with E-state index >= 15 is 0 Å². The summed E-state index contributed by atoms with van der Waals surface area (Å²) in [5.74, 6) is -0.836. The van der Waals surface area contributed by atoms with Crippen LogP contribution in [0.2, 0.25) is 0 Å². The summed E-state index contributed by atoms with van der Waals surface area (Å²) in [6.45, 7) is 1.34. The van der Waals surface area contributed by atoms with E-state index in [9.17, 15) is 9.59 Å². The number of esters is 2. The van der Waals surface area contributed by atoms with Crippen molar-refractivity contribution < 1.29 is 19.1 Å². The van der Waals surface area contributed by atoms with Gasteiger partial charge in [0.1, 0.15) is 0 Å². The molecular weight excluding hydrogens is 222 g/mol. The Morgan fingerprint density at radius 1 is 1.24 bits per heavy atom. The van der Waals surface area contributed by atoms with Crippen LogP contribution in [-0.4, -0.2) is 48.7 Å². The number of carbonyl (C=O) groups is 2. The molecule has 0 aromatic carbocycles. The van der Waals surface area contributed by atoms with Crippen molar-refractivity contribution in [3.05, 3.63) is 0 Å². The number of fused-ring (bicyclic) bond motifs is 2. The average Bonchev–Trinajstić information content (AvgIpc) is 2.52. The fourth-order valence-corrected chi connectivity index (χ4v) is 3.18. The third-order valence-corrected chi connectivity index (χ3v) is 4.01. The molecule has 2 aliphatic rings. The maximum atomic E-state index is 11.9. The number of methoxy groups -OCH3 is 1. The van der Waals surface area contributed by atoms with Crippen LogP contribution in [0, 0.1) is 0 Å². The van der Waals surface area contributed by atoms with Gasteiger partial charge in [-0.25, -0.2) is 4.79 Å². The fraction of sp³-hybridized carbons (Fsp3) is 0.833. The zero-order chi connectivity index (χ0) is 12.6. The van der Waals surface area contributed by atoms with Gasteiger partial charge in [0, 0.05) is 31.8 Å². The Balaban J connectivity index is 2.24. The van der Waals surface area contributed by atoms with Gasteiger partial charge < -0.3 is 14.4 Å². The summed E-state index contributed by atoms with van der Waals surface area (Å²) in [6, 6.07) is 0.624. The van der Waals surface area contributed by atoms with Crippen LogP contribution in [0.4, 0.5) is 0 Å². The first-order valence-electron chi connectivity index (χ1n) is 5.98. The Bertz CT molecular complexity index is 327. The molecule has 0 amide bonds. The van der Waals surface area contributed by atoms with Gasteiger partial charge in [-0.2, -0.15) is 0 Å². The zero-order valence-corrected chi connectivity index (χ0v) is 10.6. The second kappa shape index (κ2) is 4.29. The molecule has 0 radical (unpaired) electrons. The Hall–Kier alpha value is -1.10. The topological polar surface area (TPSA) is 55.8 Å². The van der Waals surface area contributed by atoms with Gasteiger partial charge in [0.2, 0.25) is 5.60 Å². The SMILES string of the molecule is COC(=O)C1(OC(C)=O)CC2CCC(C1)N2C. The second-order valence-electron chi connectivity index (χ2n) is 5.04. The van der Waals surface area contributed by atoms with E-state index in [1.165, 1.54) is 14.0 Å². The lowest BCUT2D eigenvalue weighted by Crippen LogP contribution is -2.55. The van der Waals surface area contributed by atoms with Crippen molar-refractivity contribution in [3.8, 4) is 0 Å². The minimum absolute atomic E-state index is 0.312. The van der Waals surface area contributed by atoms with Gasteiger partial charge >= 0.3 is 11.9 Å². The molecule has 0 saturated carbocycles. The molecule has 0 aromatic heterocycles. The van der Waals surface area contributed by atoms with Crippen LogP contribution >= 0.6 is 0 Å². The highest BCUT2D eigenvalue weighted by Crippen LogP contribution is 2.42. The summed E-state index contributed by atoms with van der Waals surface area (Å²) in [7, 11) is 3.41. The van der Waals surface area contributed by atoms with Gasteiger partial charge in [-0.1, -0.05) is 0 Å². The predicted octanol–water partition coefficient (Wildman–Crippen LogP) is 0.718. The third kappa shape index (κ3) is 2.04. The lowest BCUT2D eigenvalue weighted by atomic mass is 9.86. The molecule has 0 spiro atoms. The van der Waals surface area contributed by atoms with Crippen LogP contribution in [0.25, 0.3) is 0 Å². The van der Waals surface area contributed by atoms with Crippen molar-refractivity contribution in [3.63, 3.8) is 0 Å². The minimum atomic E-state index is -1.06. The van der Waals surface area contributed by atoms with Crippen LogP contribution in [0.1, 0.15) is 32.6 Å². The van der Waals surface area contributed by atoms with Crippen LogP contribution in [0.3, 0.4) is 0 Å². The minimum Gasteiger partial charge on any atom is -0.466 e. The van der Waals surface area contributed by atoms with Crippen LogP contribution in [-0.2, 0) is 19.1 Å². The molecule has 2 saturated heterocycles. The van der Waals surface area contributed by atoms with E-state index in [2.05, 4.69) is 11.9 Å². The highest BCUT2D eigenvalue weighted by atomic mass is 16.6. The molecule has 0 N–H and O–H groups in total. The van der Waals surface area contributed by atoms with E-state index in [1.807, 2.05) is 0 Å². The van der Waals surface area contributed by atoms with Crippen molar-refractivity contribution in [1.29, 1.82) is 0 Å². The van der Waals surface area contributed by atoms with E-state index in [4.69, 9.17) is 9.47 Å². The molecule has 5 nitrogen and oxygen atoms in total. The van der Waals surface area contributed by atoms with Crippen molar-refractivity contribution >= 4 is 11.9 Å². The molecule has 17 heavy (non-hydrogen) atoms. The van der Waals surface area contributed by atoms with Crippen molar-refractivity contribution in [2.24, 2.45) is 0 Å². The van der Waals surface area contributed by atoms with Crippen molar-refractivity contribution in [2.75, 3.05) is 14.2 Å². The number of rotatable bonds is 2. The molecule has 2 atom stereocenters. The molecule has 0 aromatic rings. The summed E-state index contributed by atoms with van der Waals surface area (Å²) in [6.07, 6.45) is 3.21. The number of hydrogen-bond acceptors (Lipinski definition) is 5. The Morgan fingerprint density at radius 3 is 2.18 bits per heavy atom. The Labute approximate surface area is 101 Å². The molecule has 96 valence electrons. The second-order valence-corrected chi connectivity index (χ2v) is 5.04. The van der Waals surface area contributed by atoms with Crippen molar-refractivity contribution in [1.82, 2.24) is 4.90 Å². The summed E-state index contributed by atoms with van der Waals surface area (Å²) in [5.41, 5.74) is -1.06. The summed E-state index contributed by atoms with van der Waals surface area (Å²) in [5, 5.41) is 0. The standard InChI is InChI=1S/C12H19NO4/c1-8(14)17-12(11(15)16-3)6-9-4-5-10(7-12)13(9)2/h9-10H,4-7H2,1-3H3. The number of ether oxygens (including phenoxy) is 2. The van der Waals surface area contributed by atoms with Crippen molar-refractivity contribution in [2.45, 2.75) is 50.3 Å². The molecule has 2 fully saturated rings. The lowest BCUT2D eigenvalue weighted by Gasteiger charge is -2.42. The molecule has 2 bridgehead atoms. The number of nitrogens with zero attached hydrogens (tertiary/aromatic N) is 1. The van der Waals surface area contributed by atoms with E-state index in [-0.39, 0.29) is 0 Å². The monoisotopic (exact) mass is 241 g/mol. The van der Waals surface area contributed by atoms with Crippen LogP contribution in [0.5, 0.6) is 0 Å². The van der Waals surface area contributed by atoms with E-state index in [0.29, 0.717) is 24.9 Å². The maximum absolute atomic E-state index is 11.9. The first kappa shape index (κ1) is 12.4. The molecule has 2 heterocycles. The molecule has 0 aliphatic carbocycles. The molecule has 2 rings (SSSR count). The zero-order valence-electron chi connectivity index (χ0n) is 10.6. The third-order valence-electron chi connectivity index (χ3n) is 4.01. The van der Waals surface area contributed by atoms with Crippen LogP contribution < -0.4 is 0 Å². The normalized spacial score (nSPS) is 36.6. The number of piperidine rings is 1. The lowest BCUT2D eigenvalue weighted by molar-refractivity contribution is -0.188.